The van der Waals surface area contributed by atoms with Crippen LogP contribution in [-0.4, -0.2) is 75.2 Å². The maximum Gasteiger partial charge on any atom is 0.0108 e. The van der Waals surface area contributed by atoms with E-state index >= 15 is 0 Å². The molecule has 16 heavy (non-hydrogen) atoms. The third-order valence-electron chi connectivity index (χ3n) is 3.79. The Bertz CT molecular complexity index is 183. The van der Waals surface area contributed by atoms with Crippen molar-refractivity contribution in [2.24, 2.45) is 0 Å². The molecule has 0 aliphatic carbocycles. The van der Waals surface area contributed by atoms with Gasteiger partial charge in [0.05, 0.1) is 0 Å². The van der Waals surface area contributed by atoms with Gasteiger partial charge in [-0.15, -0.1) is 0 Å². The average Bonchev–Trinajstić information content (AvgIpc) is 2.33. The van der Waals surface area contributed by atoms with Gasteiger partial charge in [-0.05, 0) is 33.0 Å². The molecule has 94 valence electrons. The van der Waals surface area contributed by atoms with E-state index in [-0.39, 0.29) is 0 Å². The van der Waals surface area contributed by atoms with Crippen LogP contribution in [0.1, 0.15) is 12.8 Å². The molecule has 0 saturated carbocycles. The molecule has 0 aromatic heterocycles. The number of piperazine rings is 1. The smallest absolute Gasteiger partial charge is 0.0108 e. The first-order valence-electron chi connectivity index (χ1n) is 6.69. The molecule has 0 unspecified atom stereocenters. The lowest BCUT2D eigenvalue weighted by molar-refractivity contribution is 0.213. The number of hydrogen-bond donors (Lipinski definition) is 2. The summed E-state index contributed by atoms with van der Waals surface area (Å²) in [7, 11) is 2.22. The van der Waals surface area contributed by atoms with Crippen molar-refractivity contribution in [1.82, 2.24) is 20.4 Å². The molecule has 0 spiro atoms. The number of piperidine rings is 1. The molecule has 2 heterocycles. The van der Waals surface area contributed by atoms with Crippen LogP contribution < -0.4 is 10.6 Å². The summed E-state index contributed by atoms with van der Waals surface area (Å²) in [6.45, 7) is 9.64. The highest BCUT2D eigenvalue weighted by atomic mass is 15.2. The van der Waals surface area contributed by atoms with Gasteiger partial charge >= 0.3 is 0 Å². The highest BCUT2D eigenvalue weighted by Crippen LogP contribution is 2.07. The molecule has 4 heteroatoms. The van der Waals surface area contributed by atoms with E-state index in [9.17, 15) is 0 Å². The molecule has 0 radical (unpaired) electrons. The molecule has 2 rings (SSSR count). The zero-order chi connectivity index (χ0) is 11.2. The van der Waals surface area contributed by atoms with Gasteiger partial charge in [-0.3, -0.25) is 4.90 Å². The van der Waals surface area contributed by atoms with Crippen molar-refractivity contribution in [3.8, 4) is 0 Å². The quantitative estimate of drug-likeness (QED) is 0.681. The molecule has 0 bridgehead atoms. The van der Waals surface area contributed by atoms with Crippen molar-refractivity contribution in [2.45, 2.75) is 18.9 Å². The van der Waals surface area contributed by atoms with E-state index in [2.05, 4.69) is 27.5 Å². The fourth-order valence-corrected chi connectivity index (χ4v) is 2.57. The van der Waals surface area contributed by atoms with Crippen LogP contribution in [0.3, 0.4) is 0 Å². The zero-order valence-corrected chi connectivity index (χ0v) is 10.5. The Hall–Kier alpha value is -0.160. The van der Waals surface area contributed by atoms with Crippen molar-refractivity contribution >= 4 is 0 Å². The van der Waals surface area contributed by atoms with E-state index in [1.807, 2.05) is 0 Å². The van der Waals surface area contributed by atoms with Crippen LogP contribution in [0.25, 0.3) is 0 Å². The largest absolute Gasteiger partial charge is 0.314 e. The fourth-order valence-electron chi connectivity index (χ4n) is 2.57. The van der Waals surface area contributed by atoms with Gasteiger partial charge in [0.1, 0.15) is 0 Å². The van der Waals surface area contributed by atoms with Crippen LogP contribution in [0.4, 0.5) is 0 Å². The second-order valence-electron chi connectivity index (χ2n) is 5.12. The van der Waals surface area contributed by atoms with Crippen LogP contribution in [0.5, 0.6) is 0 Å². The number of hydrogen-bond acceptors (Lipinski definition) is 4. The Balaban J connectivity index is 1.53. The molecule has 2 fully saturated rings. The summed E-state index contributed by atoms with van der Waals surface area (Å²) >= 11 is 0. The van der Waals surface area contributed by atoms with Gasteiger partial charge < -0.3 is 15.5 Å². The SMILES string of the molecule is CN1CCC(NCCN2CCNCC2)CC1. The first-order valence-corrected chi connectivity index (χ1v) is 6.69. The molecule has 0 aromatic carbocycles. The van der Waals surface area contributed by atoms with Gasteiger partial charge in [0, 0.05) is 45.3 Å². The van der Waals surface area contributed by atoms with Crippen LogP contribution in [-0.2, 0) is 0 Å². The van der Waals surface area contributed by atoms with Crippen LogP contribution in [0.15, 0.2) is 0 Å². The summed E-state index contributed by atoms with van der Waals surface area (Å²) in [4.78, 5) is 4.98. The third kappa shape index (κ3) is 4.01. The molecule has 0 amide bonds. The van der Waals surface area contributed by atoms with E-state index in [0.717, 1.165) is 25.7 Å². The molecular formula is C12H26N4. The summed E-state index contributed by atoms with van der Waals surface area (Å²) in [5, 5.41) is 7.09. The van der Waals surface area contributed by atoms with E-state index in [4.69, 9.17) is 0 Å². The van der Waals surface area contributed by atoms with E-state index in [0.29, 0.717) is 0 Å². The molecule has 0 atom stereocenters. The summed E-state index contributed by atoms with van der Waals surface area (Å²) < 4.78 is 0. The monoisotopic (exact) mass is 226 g/mol. The maximum atomic E-state index is 3.70. The zero-order valence-electron chi connectivity index (χ0n) is 10.5. The van der Waals surface area contributed by atoms with Crippen LogP contribution in [0.2, 0.25) is 0 Å². The topological polar surface area (TPSA) is 30.5 Å². The predicted molar refractivity (Wildman–Crippen MR) is 67.8 cm³/mol. The Labute approximate surface area is 99.4 Å². The predicted octanol–water partition coefficient (Wildman–Crippen LogP) is -0.425. The minimum Gasteiger partial charge on any atom is -0.314 e. The summed E-state index contributed by atoms with van der Waals surface area (Å²) in [6, 6.07) is 0.763. The van der Waals surface area contributed by atoms with Crippen LogP contribution in [0, 0.1) is 0 Å². The molecule has 2 N–H and O–H groups in total. The lowest BCUT2D eigenvalue weighted by atomic mass is 10.1. The molecule has 4 nitrogen and oxygen atoms in total. The Morgan fingerprint density at radius 3 is 2.50 bits per heavy atom. The van der Waals surface area contributed by atoms with Gasteiger partial charge in [-0.25, -0.2) is 0 Å². The van der Waals surface area contributed by atoms with E-state index in [1.165, 1.54) is 45.6 Å². The number of likely N-dealkylation sites (tertiary alicyclic amines) is 1. The van der Waals surface area contributed by atoms with Crippen molar-refractivity contribution < 1.29 is 0 Å². The molecular weight excluding hydrogens is 200 g/mol. The molecule has 2 saturated heterocycles. The summed E-state index contributed by atoms with van der Waals surface area (Å²) in [5.41, 5.74) is 0. The maximum absolute atomic E-state index is 3.70. The van der Waals surface area contributed by atoms with Gasteiger partial charge in [-0.2, -0.15) is 0 Å². The summed E-state index contributed by atoms with van der Waals surface area (Å²) in [5.74, 6) is 0. The minimum absolute atomic E-state index is 0.763. The lowest BCUT2D eigenvalue weighted by Crippen LogP contribution is -2.48. The Morgan fingerprint density at radius 1 is 1.12 bits per heavy atom. The van der Waals surface area contributed by atoms with Gasteiger partial charge in [0.15, 0.2) is 0 Å². The van der Waals surface area contributed by atoms with Gasteiger partial charge in [0.25, 0.3) is 0 Å². The first-order chi connectivity index (χ1) is 7.84. The molecule has 0 aromatic rings. The number of rotatable bonds is 4. The Morgan fingerprint density at radius 2 is 1.81 bits per heavy atom. The normalized spacial score (nSPS) is 26.1. The van der Waals surface area contributed by atoms with Gasteiger partial charge in [-0.1, -0.05) is 0 Å². The lowest BCUT2D eigenvalue weighted by Gasteiger charge is -2.31. The first kappa shape index (κ1) is 12.3. The van der Waals surface area contributed by atoms with Gasteiger partial charge in [0.2, 0.25) is 0 Å². The molecule has 2 aliphatic heterocycles. The minimum atomic E-state index is 0.763. The second kappa shape index (κ2) is 6.55. The third-order valence-corrected chi connectivity index (χ3v) is 3.79. The van der Waals surface area contributed by atoms with Crippen molar-refractivity contribution in [3.05, 3.63) is 0 Å². The van der Waals surface area contributed by atoms with Crippen LogP contribution >= 0.6 is 0 Å². The second-order valence-corrected chi connectivity index (χ2v) is 5.12. The van der Waals surface area contributed by atoms with Crippen molar-refractivity contribution in [2.75, 3.05) is 59.4 Å². The molecule has 2 aliphatic rings. The fraction of sp³-hybridized carbons (Fsp3) is 1.00. The van der Waals surface area contributed by atoms with E-state index in [1.54, 1.807) is 0 Å². The Kier molecular flexibility index (Phi) is 5.03. The average molecular weight is 226 g/mol. The number of nitrogens with one attached hydrogen (secondary N) is 2. The standard InChI is InChI=1S/C12H26N4/c1-15-7-2-12(3-8-15)14-6-11-16-9-4-13-5-10-16/h12-14H,2-11H2,1H3. The van der Waals surface area contributed by atoms with Crippen molar-refractivity contribution in [3.63, 3.8) is 0 Å². The van der Waals surface area contributed by atoms with E-state index < -0.39 is 0 Å². The van der Waals surface area contributed by atoms with Crippen molar-refractivity contribution in [1.29, 1.82) is 0 Å². The summed E-state index contributed by atoms with van der Waals surface area (Å²) in [6.07, 6.45) is 2.64. The number of nitrogens with zero attached hydrogens (tertiary/aromatic N) is 2. The highest BCUT2D eigenvalue weighted by Gasteiger charge is 2.16. The highest BCUT2D eigenvalue weighted by molar-refractivity contribution is 4.76.